The monoisotopic (exact) mass is 527 g/mol. The number of piperidine rings is 1. The molecule has 0 spiro atoms. The molecule has 0 radical (unpaired) electrons. The number of nitrogens with two attached hydrogens (primary N) is 1. The molecule has 3 heterocycles. The van der Waals surface area contributed by atoms with Gasteiger partial charge in [-0.1, -0.05) is 5.16 Å². The van der Waals surface area contributed by atoms with Crippen molar-refractivity contribution < 1.29 is 14.1 Å². The summed E-state index contributed by atoms with van der Waals surface area (Å²) >= 11 is 1.85. The second-order valence-electron chi connectivity index (χ2n) is 11.3. The average molecular weight is 528 g/mol. The normalized spacial score (nSPS) is 26.4. The Hall–Kier alpha value is -2.23. The highest BCUT2D eigenvalue weighted by atomic mass is 32.1. The summed E-state index contributed by atoms with van der Waals surface area (Å²) in [4.78, 5) is 34.1. The molecule has 3 fully saturated rings. The first-order valence-electron chi connectivity index (χ1n) is 13.9. The van der Waals surface area contributed by atoms with Gasteiger partial charge in [-0.3, -0.25) is 14.5 Å². The SMILES string of the molecule is Cc1cc(C(=O)N2CCC(N(Cc3ccc(C)s3)C3CC3)C[C@@H]2C(=O)NCC2CCC(CN)CC2)no1. The summed E-state index contributed by atoms with van der Waals surface area (Å²) in [5, 5.41) is 7.18. The van der Waals surface area contributed by atoms with Crippen molar-refractivity contribution in [2.75, 3.05) is 19.6 Å². The smallest absolute Gasteiger partial charge is 0.276 e. The van der Waals surface area contributed by atoms with Crippen molar-refractivity contribution in [3.8, 4) is 0 Å². The van der Waals surface area contributed by atoms with Gasteiger partial charge >= 0.3 is 0 Å². The largest absolute Gasteiger partial charge is 0.361 e. The lowest BCUT2D eigenvalue weighted by molar-refractivity contribution is -0.128. The number of hydrogen-bond donors (Lipinski definition) is 2. The first kappa shape index (κ1) is 26.4. The molecule has 5 rings (SSSR count). The van der Waals surface area contributed by atoms with Crippen LogP contribution in [0.4, 0.5) is 0 Å². The van der Waals surface area contributed by atoms with Crippen LogP contribution in [0.3, 0.4) is 0 Å². The maximum atomic E-state index is 13.6. The number of nitrogens with zero attached hydrogens (tertiary/aromatic N) is 3. The van der Waals surface area contributed by atoms with Crippen molar-refractivity contribution in [1.82, 2.24) is 20.3 Å². The highest BCUT2D eigenvalue weighted by Gasteiger charge is 2.42. The maximum Gasteiger partial charge on any atom is 0.276 e. The summed E-state index contributed by atoms with van der Waals surface area (Å²) in [6.07, 6.45) is 8.41. The quantitative estimate of drug-likeness (QED) is 0.513. The Morgan fingerprint density at radius 1 is 1.11 bits per heavy atom. The summed E-state index contributed by atoms with van der Waals surface area (Å²) in [5.41, 5.74) is 6.13. The molecule has 3 N–H and O–H groups in total. The third-order valence-corrected chi connectivity index (χ3v) is 9.45. The lowest BCUT2D eigenvalue weighted by Crippen LogP contribution is -2.58. The molecule has 1 saturated heterocycles. The van der Waals surface area contributed by atoms with Crippen molar-refractivity contribution in [3.63, 3.8) is 0 Å². The molecule has 2 atom stereocenters. The van der Waals surface area contributed by atoms with E-state index >= 15 is 0 Å². The Morgan fingerprint density at radius 2 is 1.86 bits per heavy atom. The van der Waals surface area contributed by atoms with E-state index in [-0.39, 0.29) is 23.6 Å². The summed E-state index contributed by atoms with van der Waals surface area (Å²) in [5.74, 6) is 1.44. The topological polar surface area (TPSA) is 105 Å². The number of rotatable bonds is 9. The first-order chi connectivity index (χ1) is 17.9. The van der Waals surface area contributed by atoms with Crippen LogP contribution in [0.2, 0.25) is 0 Å². The molecular weight excluding hydrogens is 486 g/mol. The fraction of sp³-hybridized carbons (Fsp3) is 0.679. The van der Waals surface area contributed by atoms with Crippen molar-refractivity contribution >= 4 is 23.2 Å². The summed E-state index contributed by atoms with van der Waals surface area (Å²) in [7, 11) is 0. The van der Waals surface area contributed by atoms with E-state index in [1.54, 1.807) is 17.9 Å². The van der Waals surface area contributed by atoms with Crippen LogP contribution in [-0.2, 0) is 11.3 Å². The minimum atomic E-state index is -0.505. The fourth-order valence-corrected chi connectivity index (χ4v) is 7.00. The lowest BCUT2D eigenvalue weighted by atomic mass is 9.82. The zero-order valence-corrected chi connectivity index (χ0v) is 23.0. The number of carbonyl (C=O) groups is 2. The molecule has 1 unspecified atom stereocenters. The Balaban J connectivity index is 1.29. The molecule has 202 valence electrons. The molecular formula is C28H41N5O3S. The number of aryl methyl sites for hydroxylation is 2. The van der Waals surface area contributed by atoms with Crippen LogP contribution >= 0.6 is 11.3 Å². The van der Waals surface area contributed by atoms with Gasteiger partial charge in [-0.25, -0.2) is 0 Å². The van der Waals surface area contributed by atoms with Gasteiger partial charge in [0.25, 0.3) is 5.91 Å². The van der Waals surface area contributed by atoms with Gasteiger partial charge in [-0.15, -0.1) is 11.3 Å². The number of aromatic nitrogens is 1. The van der Waals surface area contributed by atoms with Crippen molar-refractivity contribution in [3.05, 3.63) is 39.4 Å². The highest BCUT2D eigenvalue weighted by Crippen LogP contribution is 2.36. The van der Waals surface area contributed by atoms with E-state index < -0.39 is 6.04 Å². The van der Waals surface area contributed by atoms with Gasteiger partial charge in [0.15, 0.2) is 5.69 Å². The lowest BCUT2D eigenvalue weighted by Gasteiger charge is -2.43. The van der Waals surface area contributed by atoms with Crippen LogP contribution in [0.1, 0.15) is 77.4 Å². The molecule has 1 aliphatic heterocycles. The zero-order valence-electron chi connectivity index (χ0n) is 22.2. The van der Waals surface area contributed by atoms with E-state index in [9.17, 15) is 9.59 Å². The van der Waals surface area contributed by atoms with E-state index in [1.165, 1.54) is 22.6 Å². The molecule has 3 aliphatic rings. The van der Waals surface area contributed by atoms with E-state index in [2.05, 4.69) is 34.4 Å². The Bertz CT molecular complexity index is 1070. The van der Waals surface area contributed by atoms with Gasteiger partial charge < -0.3 is 20.5 Å². The minimum Gasteiger partial charge on any atom is -0.361 e. The molecule has 37 heavy (non-hydrogen) atoms. The van der Waals surface area contributed by atoms with Crippen LogP contribution in [0, 0.1) is 25.7 Å². The van der Waals surface area contributed by atoms with Crippen molar-refractivity contribution in [2.24, 2.45) is 17.6 Å². The van der Waals surface area contributed by atoms with Gasteiger partial charge in [0, 0.05) is 47.5 Å². The predicted molar refractivity (Wildman–Crippen MR) is 144 cm³/mol. The number of carbonyl (C=O) groups excluding carboxylic acids is 2. The van der Waals surface area contributed by atoms with Crippen molar-refractivity contribution in [1.29, 1.82) is 0 Å². The van der Waals surface area contributed by atoms with Crippen LogP contribution in [-0.4, -0.2) is 64.5 Å². The van der Waals surface area contributed by atoms with Gasteiger partial charge in [0.1, 0.15) is 11.8 Å². The Kier molecular flexibility index (Phi) is 8.31. The molecule has 0 bridgehead atoms. The number of hydrogen-bond acceptors (Lipinski definition) is 7. The van der Waals surface area contributed by atoms with Crippen LogP contribution in [0.5, 0.6) is 0 Å². The molecule has 2 aliphatic carbocycles. The zero-order chi connectivity index (χ0) is 25.9. The molecule has 2 saturated carbocycles. The third-order valence-electron chi connectivity index (χ3n) is 8.47. The molecule has 9 heteroatoms. The van der Waals surface area contributed by atoms with Crippen LogP contribution in [0.25, 0.3) is 0 Å². The molecule has 8 nitrogen and oxygen atoms in total. The number of likely N-dealkylation sites (tertiary alicyclic amines) is 1. The van der Waals surface area contributed by atoms with Crippen LogP contribution in [0.15, 0.2) is 22.7 Å². The van der Waals surface area contributed by atoms with E-state index in [0.29, 0.717) is 43.1 Å². The summed E-state index contributed by atoms with van der Waals surface area (Å²) in [6.45, 7) is 6.81. The van der Waals surface area contributed by atoms with Gasteiger partial charge in [-0.05, 0) is 95.7 Å². The van der Waals surface area contributed by atoms with Crippen molar-refractivity contribution in [2.45, 2.75) is 89.9 Å². The summed E-state index contributed by atoms with van der Waals surface area (Å²) in [6, 6.07) is 6.42. The number of nitrogens with one attached hydrogen (secondary N) is 1. The second kappa shape index (κ2) is 11.7. The predicted octanol–water partition coefficient (Wildman–Crippen LogP) is 3.87. The molecule has 2 aromatic heterocycles. The standard InChI is InChI=1S/C28H41N5O3S/c1-18-13-25(31-36-18)28(35)32-12-11-23(33(22-8-9-22)17-24-10-3-19(2)37-24)14-26(32)27(34)30-16-21-6-4-20(15-29)5-7-21/h3,10,13,20-23,26H,4-9,11-12,14-17,29H2,1-2H3,(H,30,34)/t20?,21?,23?,26-/m1/s1. The van der Waals surface area contributed by atoms with Gasteiger partial charge in [-0.2, -0.15) is 0 Å². The average Bonchev–Trinajstić information content (AvgIpc) is 3.53. The Labute approximate surface area is 223 Å². The van der Waals surface area contributed by atoms with E-state index in [0.717, 1.165) is 45.2 Å². The van der Waals surface area contributed by atoms with Gasteiger partial charge in [0.05, 0.1) is 0 Å². The minimum absolute atomic E-state index is 0.0399. The second-order valence-corrected chi connectivity index (χ2v) is 12.7. The van der Waals surface area contributed by atoms with Gasteiger partial charge in [0.2, 0.25) is 5.91 Å². The third kappa shape index (κ3) is 6.44. The maximum absolute atomic E-state index is 13.6. The van der Waals surface area contributed by atoms with E-state index in [1.807, 2.05) is 11.3 Å². The number of amides is 2. The molecule has 0 aromatic carbocycles. The molecule has 2 aromatic rings. The first-order valence-corrected chi connectivity index (χ1v) is 14.8. The van der Waals surface area contributed by atoms with Crippen LogP contribution < -0.4 is 11.1 Å². The highest BCUT2D eigenvalue weighted by molar-refractivity contribution is 7.11. The summed E-state index contributed by atoms with van der Waals surface area (Å²) < 4.78 is 5.17. The Morgan fingerprint density at radius 3 is 2.49 bits per heavy atom. The number of thiophene rings is 1. The molecule has 2 amide bonds. The fourth-order valence-electron chi connectivity index (χ4n) is 6.10. The van der Waals surface area contributed by atoms with E-state index in [4.69, 9.17) is 10.3 Å².